The zero-order valence-electron chi connectivity index (χ0n) is 10.0. The molecule has 1 aromatic carbocycles. The summed E-state index contributed by atoms with van der Waals surface area (Å²) in [5.74, 6) is -1.40. The van der Waals surface area contributed by atoms with Gasteiger partial charge >= 0.3 is 5.97 Å². The van der Waals surface area contributed by atoms with Crippen molar-refractivity contribution in [2.24, 2.45) is 0 Å². The third-order valence-electron chi connectivity index (χ3n) is 2.36. The Kier molecular flexibility index (Phi) is 4.41. The normalized spacial score (nSPS) is 10.3. The highest BCUT2D eigenvalue weighted by Crippen LogP contribution is 2.22. The number of aromatic nitrogens is 2. The summed E-state index contributed by atoms with van der Waals surface area (Å²) < 4.78 is 1.98. The predicted molar refractivity (Wildman–Crippen MR) is 77.0 cm³/mol. The van der Waals surface area contributed by atoms with Crippen molar-refractivity contribution in [3.8, 4) is 0 Å². The molecule has 2 N–H and O–H groups in total. The van der Waals surface area contributed by atoms with Crippen LogP contribution < -0.4 is 5.32 Å². The number of rotatable bonds is 4. The quantitative estimate of drug-likeness (QED) is 0.880. The lowest BCUT2D eigenvalue weighted by molar-refractivity contribution is -0.137. The highest BCUT2D eigenvalue weighted by molar-refractivity contribution is 9.10. The van der Waals surface area contributed by atoms with E-state index in [4.69, 9.17) is 16.7 Å². The van der Waals surface area contributed by atoms with Crippen molar-refractivity contribution in [3.63, 3.8) is 0 Å². The van der Waals surface area contributed by atoms with Crippen LogP contribution in [0.4, 0.5) is 5.69 Å². The first kappa shape index (κ1) is 14.5. The maximum Gasteiger partial charge on any atom is 0.325 e. The molecule has 0 aliphatic rings. The molecule has 0 saturated heterocycles. The van der Waals surface area contributed by atoms with E-state index in [-0.39, 0.29) is 6.54 Å². The Morgan fingerprint density at radius 2 is 2.20 bits per heavy atom. The minimum atomic E-state index is -1.01. The molecule has 0 saturated carbocycles. The predicted octanol–water partition coefficient (Wildman–Crippen LogP) is 2.64. The molecule has 0 unspecified atom stereocenters. The third-order valence-corrected chi connectivity index (χ3v) is 3.17. The Morgan fingerprint density at radius 3 is 2.85 bits per heavy atom. The number of hydrogen-bond acceptors (Lipinski definition) is 3. The van der Waals surface area contributed by atoms with Crippen LogP contribution in [0, 0.1) is 0 Å². The van der Waals surface area contributed by atoms with Gasteiger partial charge in [-0.2, -0.15) is 5.10 Å². The molecule has 1 heterocycles. The second kappa shape index (κ2) is 6.06. The number of carboxylic acid groups (broad SMARTS) is 1. The number of hydrogen-bond donors (Lipinski definition) is 2. The van der Waals surface area contributed by atoms with E-state index in [0.29, 0.717) is 16.3 Å². The number of carbonyl (C=O) groups excluding carboxylic acids is 1. The Labute approximate surface area is 127 Å². The Bertz CT molecular complexity index is 672. The summed E-state index contributed by atoms with van der Waals surface area (Å²) in [4.78, 5) is 22.5. The number of carboxylic acids is 1. The molecule has 20 heavy (non-hydrogen) atoms. The van der Waals surface area contributed by atoms with Crippen molar-refractivity contribution in [2.45, 2.75) is 6.54 Å². The van der Waals surface area contributed by atoms with Crippen LogP contribution in [0.3, 0.4) is 0 Å². The smallest absolute Gasteiger partial charge is 0.325 e. The van der Waals surface area contributed by atoms with Gasteiger partial charge in [0, 0.05) is 10.7 Å². The van der Waals surface area contributed by atoms with E-state index in [1.165, 1.54) is 17.1 Å². The first-order chi connectivity index (χ1) is 9.45. The standard InChI is InChI=1S/C12H9BrClN3O3/c13-7-1-2-9(10(14)3-7)12(20)16-8-4-15-17(5-8)6-11(18)19/h1-5H,6H2,(H,16,20)(H,18,19). The van der Waals surface area contributed by atoms with E-state index >= 15 is 0 Å². The second-order valence-electron chi connectivity index (χ2n) is 3.90. The molecule has 2 rings (SSSR count). The fraction of sp³-hybridized carbons (Fsp3) is 0.0833. The van der Waals surface area contributed by atoms with Gasteiger partial charge in [-0.25, -0.2) is 0 Å². The van der Waals surface area contributed by atoms with Crippen LogP contribution >= 0.6 is 27.5 Å². The molecule has 8 heteroatoms. The molecule has 0 atom stereocenters. The van der Waals surface area contributed by atoms with Crippen LogP contribution in [-0.4, -0.2) is 26.8 Å². The first-order valence-electron chi connectivity index (χ1n) is 5.46. The molecular formula is C12H9BrClN3O3. The Balaban J connectivity index is 2.11. The molecule has 0 fully saturated rings. The van der Waals surface area contributed by atoms with Crippen molar-refractivity contribution in [1.29, 1.82) is 0 Å². The van der Waals surface area contributed by atoms with Crippen LogP contribution in [0.5, 0.6) is 0 Å². The van der Waals surface area contributed by atoms with Gasteiger partial charge < -0.3 is 10.4 Å². The van der Waals surface area contributed by atoms with Crippen molar-refractivity contribution >= 4 is 45.1 Å². The lowest BCUT2D eigenvalue weighted by Gasteiger charge is -2.04. The number of carbonyl (C=O) groups is 2. The number of aliphatic carboxylic acids is 1. The van der Waals surface area contributed by atoms with Crippen molar-refractivity contribution in [1.82, 2.24) is 9.78 Å². The van der Waals surface area contributed by atoms with Crippen molar-refractivity contribution < 1.29 is 14.7 Å². The van der Waals surface area contributed by atoms with E-state index in [1.54, 1.807) is 18.2 Å². The monoisotopic (exact) mass is 357 g/mol. The summed E-state index contributed by atoms with van der Waals surface area (Å²) in [6.07, 6.45) is 2.80. The second-order valence-corrected chi connectivity index (χ2v) is 5.22. The fourth-order valence-corrected chi connectivity index (χ4v) is 2.28. The number of halogens is 2. The number of amides is 1. The van der Waals surface area contributed by atoms with Gasteiger partial charge in [0.25, 0.3) is 5.91 Å². The third kappa shape index (κ3) is 3.58. The fourth-order valence-electron chi connectivity index (χ4n) is 1.53. The lowest BCUT2D eigenvalue weighted by atomic mass is 10.2. The van der Waals surface area contributed by atoms with Gasteiger partial charge in [-0.05, 0) is 18.2 Å². The van der Waals surface area contributed by atoms with Gasteiger partial charge in [-0.3, -0.25) is 14.3 Å². The van der Waals surface area contributed by atoms with Gasteiger partial charge in [-0.15, -0.1) is 0 Å². The Morgan fingerprint density at radius 1 is 1.45 bits per heavy atom. The summed E-state index contributed by atoms with van der Waals surface area (Å²) in [7, 11) is 0. The molecule has 6 nitrogen and oxygen atoms in total. The van der Waals surface area contributed by atoms with Crippen LogP contribution in [0.25, 0.3) is 0 Å². The molecule has 0 aliphatic heterocycles. The molecule has 2 aromatic rings. The van der Waals surface area contributed by atoms with E-state index in [9.17, 15) is 9.59 Å². The summed E-state index contributed by atoms with van der Waals surface area (Å²) >= 11 is 9.23. The zero-order chi connectivity index (χ0) is 14.7. The molecular weight excluding hydrogens is 350 g/mol. The van der Waals surface area contributed by atoms with E-state index < -0.39 is 11.9 Å². The van der Waals surface area contributed by atoms with Gasteiger partial charge in [0.15, 0.2) is 0 Å². The highest BCUT2D eigenvalue weighted by Gasteiger charge is 2.12. The van der Waals surface area contributed by atoms with Crippen LogP contribution in [0.1, 0.15) is 10.4 Å². The minimum Gasteiger partial charge on any atom is -0.480 e. The van der Waals surface area contributed by atoms with Crippen LogP contribution in [-0.2, 0) is 11.3 Å². The molecule has 0 spiro atoms. The maximum absolute atomic E-state index is 12.0. The molecule has 0 radical (unpaired) electrons. The molecule has 1 amide bonds. The average molecular weight is 359 g/mol. The summed E-state index contributed by atoms with van der Waals surface area (Å²) in [6.45, 7) is -0.269. The zero-order valence-corrected chi connectivity index (χ0v) is 12.3. The van der Waals surface area contributed by atoms with Crippen LogP contribution in [0.2, 0.25) is 5.02 Å². The van der Waals surface area contributed by atoms with E-state index in [1.807, 2.05) is 0 Å². The van der Waals surface area contributed by atoms with Gasteiger partial charge in [-0.1, -0.05) is 27.5 Å². The van der Waals surface area contributed by atoms with E-state index in [2.05, 4.69) is 26.3 Å². The average Bonchev–Trinajstić information content (AvgIpc) is 2.75. The van der Waals surface area contributed by atoms with Crippen molar-refractivity contribution in [3.05, 3.63) is 45.7 Å². The number of benzene rings is 1. The summed E-state index contributed by atoms with van der Waals surface area (Å²) in [5, 5.41) is 15.4. The van der Waals surface area contributed by atoms with Crippen LogP contribution in [0.15, 0.2) is 35.1 Å². The highest BCUT2D eigenvalue weighted by atomic mass is 79.9. The number of nitrogens with zero attached hydrogens (tertiary/aromatic N) is 2. The number of nitrogens with one attached hydrogen (secondary N) is 1. The minimum absolute atomic E-state index is 0.269. The van der Waals surface area contributed by atoms with Gasteiger partial charge in [0.05, 0.1) is 22.5 Å². The summed E-state index contributed by atoms with van der Waals surface area (Å²) in [6, 6.07) is 4.91. The maximum atomic E-state index is 12.0. The van der Waals surface area contributed by atoms with E-state index in [0.717, 1.165) is 4.47 Å². The lowest BCUT2D eigenvalue weighted by Crippen LogP contribution is -2.12. The molecule has 0 aliphatic carbocycles. The number of anilines is 1. The molecule has 104 valence electrons. The first-order valence-corrected chi connectivity index (χ1v) is 6.63. The van der Waals surface area contributed by atoms with Gasteiger partial charge in [0.1, 0.15) is 6.54 Å². The van der Waals surface area contributed by atoms with Crippen molar-refractivity contribution in [2.75, 3.05) is 5.32 Å². The largest absolute Gasteiger partial charge is 0.480 e. The summed E-state index contributed by atoms with van der Waals surface area (Å²) in [5.41, 5.74) is 0.719. The Hall–Kier alpha value is -1.86. The topological polar surface area (TPSA) is 84.2 Å². The molecule has 0 bridgehead atoms. The SMILES string of the molecule is O=C(O)Cn1cc(NC(=O)c2ccc(Br)cc2Cl)cn1. The molecule has 1 aromatic heterocycles. The van der Waals surface area contributed by atoms with Gasteiger partial charge in [0.2, 0.25) is 0 Å².